The van der Waals surface area contributed by atoms with E-state index in [4.69, 9.17) is 5.53 Å². The zero-order chi connectivity index (χ0) is 20.9. The van der Waals surface area contributed by atoms with Crippen molar-refractivity contribution in [2.75, 3.05) is 0 Å². The molecule has 15 heteroatoms. The van der Waals surface area contributed by atoms with Crippen LogP contribution < -0.4 is 0 Å². The highest BCUT2D eigenvalue weighted by Gasteiger charge is 2.43. The second kappa shape index (κ2) is 6.21. The lowest BCUT2D eigenvalue weighted by Crippen LogP contribution is -2.17. The summed E-state index contributed by atoms with van der Waals surface area (Å²) >= 11 is 0. The molecule has 0 saturated carbocycles. The maximum atomic E-state index is 13.3. The van der Waals surface area contributed by atoms with Crippen molar-refractivity contribution in [3.63, 3.8) is 0 Å². The zero-order valence-electron chi connectivity index (χ0n) is 13.1. The fourth-order valence-electron chi connectivity index (χ4n) is 2.31. The lowest BCUT2D eigenvalue weighted by Gasteiger charge is -2.10. The normalized spacial score (nSPS) is 12.4. The van der Waals surface area contributed by atoms with Gasteiger partial charge in [-0.1, -0.05) is 0 Å². The SMILES string of the molecule is N=Nc1c2c(C(F)(F)F)nc(C(F)(F)F)nc2nn1-c1ccc([N+](=O)[O-])cc1. The molecule has 0 amide bonds. The summed E-state index contributed by atoms with van der Waals surface area (Å²) in [6.45, 7) is 0. The molecule has 0 bridgehead atoms. The van der Waals surface area contributed by atoms with Crippen molar-refractivity contribution in [3.05, 3.63) is 45.9 Å². The highest BCUT2D eigenvalue weighted by molar-refractivity contribution is 5.89. The average molecular weight is 405 g/mol. The minimum absolute atomic E-state index is 0.0868. The Morgan fingerprint density at radius 2 is 1.64 bits per heavy atom. The lowest BCUT2D eigenvalue weighted by atomic mass is 10.2. The van der Waals surface area contributed by atoms with Crippen molar-refractivity contribution in [1.29, 1.82) is 5.53 Å². The maximum Gasteiger partial charge on any atom is 0.451 e. The average Bonchev–Trinajstić information content (AvgIpc) is 2.97. The van der Waals surface area contributed by atoms with Crippen LogP contribution in [0, 0.1) is 15.6 Å². The van der Waals surface area contributed by atoms with Gasteiger partial charge in [-0.15, -0.1) is 10.2 Å². The standard InChI is InChI=1S/C13H5F6N7O2/c14-12(15,16)8-7-9(22-11(21-8)13(17,18)19)24-25(10(7)23-20)5-1-3-6(4-2-5)26(27)28/h1-4,20H. The van der Waals surface area contributed by atoms with Gasteiger partial charge in [-0.25, -0.2) is 20.2 Å². The molecule has 1 aromatic carbocycles. The molecule has 9 nitrogen and oxygen atoms in total. The molecular weight excluding hydrogens is 400 g/mol. The van der Waals surface area contributed by atoms with E-state index in [-0.39, 0.29) is 11.4 Å². The number of fused-ring (bicyclic) bond motifs is 1. The number of aromatic nitrogens is 4. The monoisotopic (exact) mass is 405 g/mol. The zero-order valence-corrected chi connectivity index (χ0v) is 13.1. The quantitative estimate of drug-likeness (QED) is 0.299. The molecular formula is C13H5F6N7O2. The van der Waals surface area contributed by atoms with E-state index in [0.717, 1.165) is 24.3 Å². The molecule has 0 aliphatic heterocycles. The summed E-state index contributed by atoms with van der Waals surface area (Å²) < 4.78 is 79.1. The second-order valence-electron chi connectivity index (χ2n) is 5.21. The van der Waals surface area contributed by atoms with E-state index in [1.807, 2.05) is 0 Å². The van der Waals surface area contributed by atoms with Gasteiger partial charge in [0.15, 0.2) is 17.2 Å². The highest BCUT2D eigenvalue weighted by Crippen LogP contribution is 2.40. The van der Waals surface area contributed by atoms with Gasteiger partial charge >= 0.3 is 12.4 Å². The lowest BCUT2D eigenvalue weighted by molar-refractivity contribution is -0.384. The van der Waals surface area contributed by atoms with E-state index < -0.39 is 45.6 Å². The van der Waals surface area contributed by atoms with E-state index in [2.05, 4.69) is 20.2 Å². The Morgan fingerprint density at radius 1 is 1.04 bits per heavy atom. The van der Waals surface area contributed by atoms with Crippen LogP contribution in [0.2, 0.25) is 0 Å². The predicted molar refractivity (Wildman–Crippen MR) is 78.1 cm³/mol. The molecule has 28 heavy (non-hydrogen) atoms. The number of nitro benzene ring substituents is 1. The minimum Gasteiger partial charge on any atom is -0.258 e. The summed E-state index contributed by atoms with van der Waals surface area (Å²) in [7, 11) is 0. The Hall–Kier alpha value is -3.65. The first-order valence-electron chi connectivity index (χ1n) is 7.01. The van der Waals surface area contributed by atoms with Crippen LogP contribution in [0.4, 0.5) is 37.8 Å². The number of non-ortho nitro benzene ring substituents is 1. The first kappa shape index (κ1) is 19.1. The largest absolute Gasteiger partial charge is 0.451 e. The summed E-state index contributed by atoms with van der Waals surface area (Å²) in [5, 5.41) is 16.2. The van der Waals surface area contributed by atoms with Gasteiger partial charge in [0.25, 0.3) is 5.69 Å². The van der Waals surface area contributed by atoms with E-state index >= 15 is 0 Å². The van der Waals surface area contributed by atoms with Gasteiger partial charge in [-0.2, -0.15) is 26.3 Å². The molecule has 2 heterocycles. The summed E-state index contributed by atoms with van der Waals surface area (Å²) in [4.78, 5) is 15.5. The number of alkyl halides is 6. The number of nitro groups is 1. The minimum atomic E-state index is -5.32. The van der Waals surface area contributed by atoms with Crippen molar-refractivity contribution in [3.8, 4) is 5.69 Å². The summed E-state index contributed by atoms with van der Waals surface area (Å²) in [6, 6.07) is 4.13. The Bertz CT molecular complexity index is 1090. The number of halogens is 6. The van der Waals surface area contributed by atoms with Gasteiger partial charge < -0.3 is 0 Å². The topological polar surface area (TPSA) is 123 Å². The van der Waals surface area contributed by atoms with Crippen LogP contribution in [0.3, 0.4) is 0 Å². The van der Waals surface area contributed by atoms with Crippen molar-refractivity contribution < 1.29 is 31.3 Å². The number of benzene rings is 1. The number of hydrogen-bond donors (Lipinski definition) is 1. The molecule has 0 aliphatic rings. The van der Waals surface area contributed by atoms with E-state index in [0.29, 0.717) is 4.68 Å². The number of hydrogen-bond acceptors (Lipinski definition) is 7. The van der Waals surface area contributed by atoms with Gasteiger partial charge in [-0.05, 0) is 12.1 Å². The van der Waals surface area contributed by atoms with E-state index in [9.17, 15) is 36.5 Å². The predicted octanol–water partition coefficient (Wildman–Crippen LogP) is 4.42. The van der Waals surface area contributed by atoms with Gasteiger partial charge in [-0.3, -0.25) is 10.1 Å². The van der Waals surface area contributed by atoms with Gasteiger partial charge in [0, 0.05) is 12.1 Å². The molecule has 0 unspecified atom stereocenters. The van der Waals surface area contributed by atoms with Crippen molar-refractivity contribution in [1.82, 2.24) is 19.7 Å². The number of rotatable bonds is 3. The number of nitrogens with zero attached hydrogens (tertiary/aromatic N) is 6. The van der Waals surface area contributed by atoms with Gasteiger partial charge in [0.1, 0.15) is 0 Å². The summed E-state index contributed by atoms with van der Waals surface area (Å²) in [6.07, 6.45) is -10.6. The molecule has 0 aliphatic carbocycles. The van der Waals surface area contributed by atoms with Crippen LogP contribution in [0.25, 0.3) is 16.7 Å². The molecule has 0 radical (unpaired) electrons. The fraction of sp³-hybridized carbons (Fsp3) is 0.154. The third kappa shape index (κ3) is 3.21. The van der Waals surface area contributed by atoms with Crippen LogP contribution in [-0.2, 0) is 12.4 Å². The molecule has 3 rings (SSSR count). The van der Waals surface area contributed by atoms with Crippen molar-refractivity contribution in [2.45, 2.75) is 12.4 Å². The molecule has 0 fully saturated rings. The van der Waals surface area contributed by atoms with E-state index in [1.165, 1.54) is 0 Å². The molecule has 0 spiro atoms. The van der Waals surface area contributed by atoms with Crippen LogP contribution in [-0.4, -0.2) is 24.7 Å². The number of nitrogens with one attached hydrogen (secondary N) is 1. The molecule has 2 aromatic heterocycles. The molecule has 0 atom stereocenters. The fourth-order valence-corrected chi connectivity index (χ4v) is 2.31. The Balaban J connectivity index is 2.34. The first-order chi connectivity index (χ1) is 12.9. The highest BCUT2D eigenvalue weighted by atomic mass is 19.4. The second-order valence-corrected chi connectivity index (χ2v) is 5.21. The van der Waals surface area contributed by atoms with Gasteiger partial charge in [0.05, 0.1) is 16.0 Å². The molecule has 146 valence electrons. The van der Waals surface area contributed by atoms with Crippen LogP contribution >= 0.6 is 0 Å². The third-order valence-electron chi connectivity index (χ3n) is 3.44. The summed E-state index contributed by atoms with van der Waals surface area (Å²) in [5.74, 6) is -2.85. The Labute approximate surface area is 149 Å². The van der Waals surface area contributed by atoms with E-state index in [1.54, 1.807) is 0 Å². The third-order valence-corrected chi connectivity index (χ3v) is 3.44. The van der Waals surface area contributed by atoms with Crippen molar-refractivity contribution >= 4 is 22.5 Å². The Morgan fingerprint density at radius 3 is 2.11 bits per heavy atom. The molecule has 1 N–H and O–H groups in total. The molecule has 3 aromatic rings. The van der Waals surface area contributed by atoms with Crippen molar-refractivity contribution in [2.24, 2.45) is 5.11 Å². The smallest absolute Gasteiger partial charge is 0.258 e. The van der Waals surface area contributed by atoms with Gasteiger partial charge in [0.2, 0.25) is 5.82 Å². The van der Waals surface area contributed by atoms with Crippen LogP contribution in [0.1, 0.15) is 11.5 Å². The first-order valence-corrected chi connectivity index (χ1v) is 7.01. The molecule has 0 saturated heterocycles. The maximum absolute atomic E-state index is 13.3. The van der Waals surface area contributed by atoms with Crippen LogP contribution in [0.5, 0.6) is 0 Å². The van der Waals surface area contributed by atoms with Crippen LogP contribution in [0.15, 0.2) is 29.4 Å². The Kier molecular flexibility index (Phi) is 4.24. The summed E-state index contributed by atoms with van der Waals surface area (Å²) in [5.41, 5.74) is 3.76.